The van der Waals surface area contributed by atoms with Crippen LogP contribution in [0.3, 0.4) is 0 Å². The first-order chi connectivity index (χ1) is 21.0. The fourth-order valence-corrected chi connectivity index (χ4v) is 4.66. The summed E-state index contributed by atoms with van der Waals surface area (Å²) in [5.74, 6) is -0.463. The van der Waals surface area contributed by atoms with Crippen molar-refractivity contribution < 1.29 is 55.5 Å². The van der Waals surface area contributed by atoms with Gasteiger partial charge >= 0.3 is 0 Å². The molecule has 45 heavy (non-hydrogen) atoms. The lowest BCUT2D eigenvalue weighted by molar-refractivity contribution is -0.124. The van der Waals surface area contributed by atoms with E-state index >= 15 is 0 Å². The Bertz CT molecular complexity index is 851. The number of nitrogens with one attached hydrogen (secondary N) is 1. The van der Waals surface area contributed by atoms with Crippen LogP contribution < -0.4 is 5.32 Å². The number of aliphatic hydroxyl groups is 9. The maximum Gasteiger partial charge on any atom is 0.222 e. The maximum atomic E-state index is 11.7. The van der Waals surface area contributed by atoms with Crippen molar-refractivity contribution in [1.29, 1.82) is 0 Å². The Labute approximate surface area is 268 Å². The van der Waals surface area contributed by atoms with Gasteiger partial charge in [0.25, 0.3) is 0 Å². The Morgan fingerprint density at radius 2 is 0.978 bits per heavy atom. The van der Waals surface area contributed by atoms with Crippen molar-refractivity contribution in [3.05, 3.63) is 24.3 Å². The smallest absolute Gasteiger partial charge is 0.222 e. The van der Waals surface area contributed by atoms with E-state index in [0.717, 1.165) is 0 Å². The average Bonchev–Trinajstić information content (AvgIpc) is 2.90. The van der Waals surface area contributed by atoms with Crippen molar-refractivity contribution in [2.45, 2.75) is 153 Å². The average molecular weight is 648 g/mol. The van der Waals surface area contributed by atoms with Crippen LogP contribution in [0.5, 0.6) is 0 Å². The van der Waals surface area contributed by atoms with E-state index in [0.29, 0.717) is 19.4 Å². The molecule has 0 bridgehead atoms. The third-order valence-corrected chi connectivity index (χ3v) is 7.36. The van der Waals surface area contributed by atoms with Crippen molar-refractivity contribution in [2.24, 2.45) is 11.8 Å². The predicted molar refractivity (Wildman–Crippen MR) is 171 cm³/mol. The van der Waals surface area contributed by atoms with Crippen LogP contribution >= 0.6 is 0 Å². The van der Waals surface area contributed by atoms with Crippen LogP contribution in [0.25, 0.3) is 0 Å². The minimum absolute atomic E-state index is 0.0409. The number of aliphatic hydroxyl groups excluding tert-OH is 9. The normalized spacial score (nSPS) is 18.6. The van der Waals surface area contributed by atoms with Gasteiger partial charge in [0.15, 0.2) is 0 Å². The van der Waals surface area contributed by atoms with E-state index < -0.39 is 54.9 Å². The van der Waals surface area contributed by atoms with Crippen molar-refractivity contribution in [1.82, 2.24) is 5.32 Å². The summed E-state index contributed by atoms with van der Waals surface area (Å²) in [7, 11) is 0. The summed E-state index contributed by atoms with van der Waals surface area (Å²) in [6, 6.07) is 0. The number of Topliss-reactive ketones (excluding diaryl/α,β-unsaturated/α-hetero) is 1. The number of amides is 1. The maximum absolute atomic E-state index is 11.7. The van der Waals surface area contributed by atoms with Gasteiger partial charge in [-0.25, -0.2) is 0 Å². The van der Waals surface area contributed by atoms with E-state index in [4.69, 9.17) is 0 Å². The lowest BCUT2D eigenvalue weighted by atomic mass is 9.97. The van der Waals surface area contributed by atoms with Crippen molar-refractivity contribution in [3.8, 4) is 0 Å². The molecule has 10 N–H and O–H groups in total. The van der Waals surface area contributed by atoms with E-state index in [1.54, 1.807) is 33.8 Å². The molecule has 0 aliphatic rings. The second-order valence-electron chi connectivity index (χ2n) is 12.9. The molecule has 9 atom stereocenters. The Morgan fingerprint density at radius 3 is 1.44 bits per heavy atom. The SMILES string of the molecule is CC(C)C(=O)CC(O)CC(O)CC(O)/C=C/CC(O)CC(O)CC(O)CC(O)/C=C/CC(O)CC(O)CCCNC(=O)C(C)C. The van der Waals surface area contributed by atoms with Gasteiger partial charge in [-0.1, -0.05) is 52.0 Å². The lowest BCUT2D eigenvalue weighted by Gasteiger charge is -2.19. The molecule has 12 nitrogen and oxygen atoms in total. The third kappa shape index (κ3) is 24.1. The highest BCUT2D eigenvalue weighted by molar-refractivity contribution is 5.80. The molecule has 0 aromatic heterocycles. The van der Waals surface area contributed by atoms with Crippen LogP contribution in [-0.4, -0.2) is 119 Å². The fourth-order valence-electron chi connectivity index (χ4n) is 4.66. The summed E-state index contributed by atoms with van der Waals surface area (Å²) in [6.45, 7) is 7.51. The van der Waals surface area contributed by atoms with Crippen LogP contribution in [0.2, 0.25) is 0 Å². The van der Waals surface area contributed by atoms with Gasteiger partial charge in [-0.2, -0.15) is 0 Å². The van der Waals surface area contributed by atoms with E-state index in [9.17, 15) is 55.5 Å². The van der Waals surface area contributed by atoms with Gasteiger partial charge in [0.1, 0.15) is 5.78 Å². The molecule has 0 aromatic rings. The molecule has 0 heterocycles. The molecule has 0 aromatic carbocycles. The zero-order valence-corrected chi connectivity index (χ0v) is 27.5. The molecular weight excluding hydrogens is 586 g/mol. The second-order valence-corrected chi connectivity index (χ2v) is 12.9. The number of hydrogen-bond acceptors (Lipinski definition) is 11. The van der Waals surface area contributed by atoms with Crippen molar-refractivity contribution in [3.63, 3.8) is 0 Å². The largest absolute Gasteiger partial charge is 0.393 e. The summed E-state index contributed by atoms with van der Waals surface area (Å²) in [5, 5.41) is 93.8. The minimum atomic E-state index is -1.04. The van der Waals surface area contributed by atoms with Gasteiger partial charge in [-0.05, 0) is 51.4 Å². The second kappa shape index (κ2) is 24.4. The first-order valence-electron chi connectivity index (χ1n) is 16.3. The zero-order valence-electron chi connectivity index (χ0n) is 27.5. The van der Waals surface area contributed by atoms with Crippen LogP contribution in [0, 0.1) is 11.8 Å². The van der Waals surface area contributed by atoms with Crippen molar-refractivity contribution in [2.75, 3.05) is 6.54 Å². The van der Waals surface area contributed by atoms with E-state index in [1.165, 1.54) is 18.2 Å². The van der Waals surface area contributed by atoms with E-state index in [2.05, 4.69) is 5.32 Å². The number of carbonyl (C=O) groups excluding carboxylic acids is 2. The molecule has 264 valence electrons. The molecule has 0 aliphatic heterocycles. The van der Waals surface area contributed by atoms with E-state index in [-0.39, 0.29) is 81.3 Å². The Hall–Kier alpha value is -1.74. The monoisotopic (exact) mass is 647 g/mol. The standard InChI is InChI=1S/C33H61NO11/c1-21(2)32(44)20-31(43)19-30(42)17-26(38)11-6-10-25(37)16-29(41)18-28(40)15-24(36)9-5-8-23(35)14-27(39)12-7-13-34-33(45)22(3)4/h5-6,9,11,21-31,35-43H,7-8,10,12-20H2,1-4H3,(H,34,45)/b9-5+,11-6+. The summed E-state index contributed by atoms with van der Waals surface area (Å²) in [6.07, 6.45) is -1.55. The number of rotatable bonds is 26. The highest BCUT2D eigenvalue weighted by Crippen LogP contribution is 2.15. The molecule has 0 rings (SSSR count). The molecule has 0 saturated heterocycles. The van der Waals surface area contributed by atoms with Crippen LogP contribution in [-0.2, 0) is 9.59 Å². The minimum Gasteiger partial charge on any atom is -0.393 e. The molecular formula is C33H61NO11. The molecule has 1 amide bonds. The van der Waals surface area contributed by atoms with Gasteiger partial charge in [0.05, 0.1) is 54.9 Å². The van der Waals surface area contributed by atoms with Gasteiger partial charge in [-0.15, -0.1) is 0 Å². The van der Waals surface area contributed by atoms with Gasteiger partial charge in [0.2, 0.25) is 5.91 Å². The van der Waals surface area contributed by atoms with Crippen LogP contribution in [0.1, 0.15) is 98.3 Å². The van der Waals surface area contributed by atoms with Crippen LogP contribution in [0.15, 0.2) is 24.3 Å². The Kier molecular flexibility index (Phi) is 23.5. The topological polar surface area (TPSA) is 228 Å². The predicted octanol–water partition coefficient (Wildman–Crippen LogP) is 0.635. The fraction of sp³-hybridized carbons (Fsp3) is 0.818. The summed E-state index contributed by atoms with van der Waals surface area (Å²) >= 11 is 0. The quantitative estimate of drug-likeness (QED) is 0.0463. The zero-order chi connectivity index (χ0) is 34.5. The molecule has 0 saturated carbocycles. The number of hydrogen-bond donors (Lipinski definition) is 10. The van der Waals surface area contributed by atoms with Gasteiger partial charge in [0, 0.05) is 37.6 Å². The summed E-state index contributed by atoms with van der Waals surface area (Å²) in [5.41, 5.74) is 0. The molecule has 0 aliphatic carbocycles. The summed E-state index contributed by atoms with van der Waals surface area (Å²) in [4.78, 5) is 23.2. The highest BCUT2D eigenvalue weighted by Gasteiger charge is 2.20. The molecule has 0 spiro atoms. The molecule has 0 radical (unpaired) electrons. The summed E-state index contributed by atoms with van der Waals surface area (Å²) < 4.78 is 0. The van der Waals surface area contributed by atoms with Gasteiger partial charge < -0.3 is 51.3 Å². The molecule has 0 fully saturated rings. The number of carbonyl (C=O) groups is 2. The Morgan fingerprint density at radius 1 is 0.556 bits per heavy atom. The highest BCUT2D eigenvalue weighted by atomic mass is 16.3. The van der Waals surface area contributed by atoms with Gasteiger partial charge in [-0.3, -0.25) is 9.59 Å². The van der Waals surface area contributed by atoms with E-state index in [1.807, 2.05) is 0 Å². The molecule has 9 unspecified atom stereocenters. The lowest BCUT2D eigenvalue weighted by Crippen LogP contribution is -2.29. The number of ketones is 1. The first-order valence-corrected chi connectivity index (χ1v) is 16.3. The Balaban J connectivity index is 4.23. The van der Waals surface area contributed by atoms with Crippen molar-refractivity contribution >= 4 is 11.7 Å². The first kappa shape index (κ1) is 43.3. The third-order valence-electron chi connectivity index (χ3n) is 7.36. The van der Waals surface area contributed by atoms with Crippen LogP contribution in [0.4, 0.5) is 0 Å². The molecule has 12 heteroatoms.